The predicted molar refractivity (Wildman–Crippen MR) is 60.3 cm³/mol. The Morgan fingerprint density at radius 2 is 2.07 bits per heavy atom. The van der Waals surface area contributed by atoms with Crippen LogP contribution in [0.15, 0.2) is 0 Å². The average Bonchev–Trinajstić information content (AvgIpc) is 2.13. The van der Waals surface area contributed by atoms with Crippen molar-refractivity contribution in [3.63, 3.8) is 0 Å². The summed E-state index contributed by atoms with van der Waals surface area (Å²) < 4.78 is 0. The second kappa shape index (κ2) is 5.13. The lowest BCUT2D eigenvalue weighted by molar-refractivity contribution is -0.0545. The molecule has 1 aliphatic carbocycles. The summed E-state index contributed by atoms with van der Waals surface area (Å²) >= 11 is 0. The Balaban J connectivity index is 2.42. The first-order valence-corrected chi connectivity index (χ1v) is 6.01. The molecule has 1 aliphatic rings. The SMILES string of the molecule is CCCNCC1(O)CC(C)CCC1C. The Morgan fingerprint density at radius 3 is 2.71 bits per heavy atom. The molecule has 2 nitrogen and oxygen atoms in total. The Morgan fingerprint density at radius 1 is 1.36 bits per heavy atom. The molecule has 0 aromatic heterocycles. The van der Waals surface area contributed by atoms with Crippen molar-refractivity contribution < 1.29 is 5.11 Å². The van der Waals surface area contributed by atoms with Gasteiger partial charge in [0, 0.05) is 6.54 Å². The minimum absolute atomic E-state index is 0.447. The van der Waals surface area contributed by atoms with Gasteiger partial charge in [0.25, 0.3) is 0 Å². The van der Waals surface area contributed by atoms with Crippen LogP contribution in [0.25, 0.3) is 0 Å². The topological polar surface area (TPSA) is 32.3 Å². The molecular weight excluding hydrogens is 174 g/mol. The van der Waals surface area contributed by atoms with Crippen LogP contribution in [0.4, 0.5) is 0 Å². The highest BCUT2D eigenvalue weighted by Crippen LogP contribution is 2.36. The van der Waals surface area contributed by atoms with Crippen LogP contribution < -0.4 is 5.32 Å². The molecular formula is C12H25NO. The normalized spacial score (nSPS) is 38.6. The van der Waals surface area contributed by atoms with Crippen molar-refractivity contribution in [2.24, 2.45) is 11.8 Å². The van der Waals surface area contributed by atoms with Crippen LogP contribution in [0.3, 0.4) is 0 Å². The highest BCUT2D eigenvalue weighted by molar-refractivity contribution is 4.91. The van der Waals surface area contributed by atoms with Gasteiger partial charge < -0.3 is 10.4 Å². The molecule has 0 aromatic rings. The van der Waals surface area contributed by atoms with Gasteiger partial charge in [-0.05, 0) is 37.6 Å². The molecule has 0 aliphatic heterocycles. The van der Waals surface area contributed by atoms with E-state index in [1.807, 2.05) is 0 Å². The molecule has 84 valence electrons. The van der Waals surface area contributed by atoms with Gasteiger partial charge in [-0.15, -0.1) is 0 Å². The molecule has 0 radical (unpaired) electrons. The van der Waals surface area contributed by atoms with Crippen LogP contribution in [0.1, 0.15) is 46.5 Å². The van der Waals surface area contributed by atoms with Crippen molar-refractivity contribution in [3.05, 3.63) is 0 Å². The molecule has 3 unspecified atom stereocenters. The number of rotatable bonds is 4. The summed E-state index contributed by atoms with van der Waals surface area (Å²) in [5.74, 6) is 1.13. The largest absolute Gasteiger partial charge is 0.388 e. The zero-order valence-corrected chi connectivity index (χ0v) is 9.84. The third-order valence-electron chi connectivity index (χ3n) is 3.57. The molecule has 3 atom stereocenters. The minimum atomic E-state index is -0.452. The molecule has 1 saturated carbocycles. The molecule has 2 N–H and O–H groups in total. The first kappa shape index (κ1) is 12.0. The van der Waals surface area contributed by atoms with E-state index in [2.05, 4.69) is 26.1 Å². The standard InChI is InChI=1S/C12H25NO/c1-4-7-13-9-12(14)8-10(2)5-6-11(12)3/h10-11,13-14H,4-9H2,1-3H3. The molecule has 0 heterocycles. The zero-order valence-electron chi connectivity index (χ0n) is 9.84. The van der Waals surface area contributed by atoms with E-state index in [-0.39, 0.29) is 0 Å². The van der Waals surface area contributed by atoms with Crippen molar-refractivity contribution in [1.29, 1.82) is 0 Å². The van der Waals surface area contributed by atoms with Crippen LogP contribution in [0.2, 0.25) is 0 Å². The Labute approximate surface area is 88.1 Å². The summed E-state index contributed by atoms with van der Waals surface area (Å²) in [6.07, 6.45) is 4.55. The summed E-state index contributed by atoms with van der Waals surface area (Å²) in [5.41, 5.74) is -0.452. The van der Waals surface area contributed by atoms with Crippen LogP contribution in [-0.2, 0) is 0 Å². The van der Waals surface area contributed by atoms with E-state index in [1.165, 1.54) is 12.8 Å². The highest BCUT2D eigenvalue weighted by atomic mass is 16.3. The van der Waals surface area contributed by atoms with Gasteiger partial charge in [0.05, 0.1) is 5.60 Å². The summed E-state index contributed by atoms with van der Waals surface area (Å²) in [6.45, 7) is 8.37. The molecule has 0 saturated heterocycles. The van der Waals surface area contributed by atoms with E-state index < -0.39 is 5.60 Å². The summed E-state index contributed by atoms with van der Waals surface area (Å²) in [5, 5.41) is 13.8. The third kappa shape index (κ3) is 2.96. The fourth-order valence-electron chi connectivity index (χ4n) is 2.44. The molecule has 2 heteroatoms. The lowest BCUT2D eigenvalue weighted by atomic mass is 9.72. The number of hydrogen-bond donors (Lipinski definition) is 2. The summed E-state index contributed by atoms with van der Waals surface area (Å²) in [4.78, 5) is 0. The number of nitrogens with one attached hydrogen (secondary N) is 1. The molecule has 0 bridgehead atoms. The van der Waals surface area contributed by atoms with E-state index in [0.717, 1.165) is 25.9 Å². The lowest BCUT2D eigenvalue weighted by Gasteiger charge is -2.41. The fourth-order valence-corrected chi connectivity index (χ4v) is 2.44. The van der Waals surface area contributed by atoms with Gasteiger partial charge in [-0.2, -0.15) is 0 Å². The molecule has 1 rings (SSSR count). The second-order valence-corrected chi connectivity index (χ2v) is 5.07. The number of aliphatic hydroxyl groups is 1. The first-order valence-electron chi connectivity index (χ1n) is 6.01. The first-order chi connectivity index (χ1) is 6.58. The monoisotopic (exact) mass is 199 g/mol. The maximum absolute atomic E-state index is 10.5. The Bertz CT molecular complexity index is 172. The van der Waals surface area contributed by atoms with E-state index in [4.69, 9.17) is 0 Å². The maximum Gasteiger partial charge on any atom is 0.0799 e. The second-order valence-electron chi connectivity index (χ2n) is 5.07. The van der Waals surface area contributed by atoms with Gasteiger partial charge in [0.15, 0.2) is 0 Å². The van der Waals surface area contributed by atoms with Gasteiger partial charge in [0.1, 0.15) is 0 Å². The van der Waals surface area contributed by atoms with Crippen molar-refractivity contribution in [3.8, 4) is 0 Å². The van der Waals surface area contributed by atoms with Gasteiger partial charge >= 0.3 is 0 Å². The Hall–Kier alpha value is -0.0800. The van der Waals surface area contributed by atoms with Crippen molar-refractivity contribution in [2.75, 3.05) is 13.1 Å². The summed E-state index contributed by atoms with van der Waals surface area (Å²) in [7, 11) is 0. The van der Waals surface area contributed by atoms with Crippen molar-refractivity contribution in [1.82, 2.24) is 5.32 Å². The molecule has 14 heavy (non-hydrogen) atoms. The maximum atomic E-state index is 10.5. The molecule has 1 fully saturated rings. The lowest BCUT2D eigenvalue weighted by Crippen LogP contribution is -2.49. The van der Waals surface area contributed by atoms with E-state index in [9.17, 15) is 5.11 Å². The average molecular weight is 199 g/mol. The summed E-state index contributed by atoms with van der Waals surface area (Å²) in [6, 6.07) is 0. The minimum Gasteiger partial charge on any atom is -0.388 e. The van der Waals surface area contributed by atoms with Crippen LogP contribution >= 0.6 is 0 Å². The van der Waals surface area contributed by atoms with E-state index in [0.29, 0.717) is 11.8 Å². The Kier molecular flexibility index (Phi) is 4.39. The zero-order chi connectivity index (χ0) is 10.6. The van der Waals surface area contributed by atoms with Gasteiger partial charge in [-0.25, -0.2) is 0 Å². The number of hydrogen-bond acceptors (Lipinski definition) is 2. The molecule has 0 amide bonds. The highest BCUT2D eigenvalue weighted by Gasteiger charge is 2.38. The molecule has 0 spiro atoms. The molecule has 0 aromatic carbocycles. The quantitative estimate of drug-likeness (QED) is 0.680. The van der Waals surface area contributed by atoms with Gasteiger partial charge in [-0.3, -0.25) is 0 Å². The van der Waals surface area contributed by atoms with Crippen molar-refractivity contribution >= 4 is 0 Å². The van der Waals surface area contributed by atoms with E-state index >= 15 is 0 Å². The van der Waals surface area contributed by atoms with Crippen LogP contribution in [0.5, 0.6) is 0 Å². The van der Waals surface area contributed by atoms with E-state index in [1.54, 1.807) is 0 Å². The predicted octanol–water partition coefficient (Wildman–Crippen LogP) is 2.17. The van der Waals surface area contributed by atoms with Gasteiger partial charge in [0.2, 0.25) is 0 Å². The van der Waals surface area contributed by atoms with Crippen LogP contribution in [-0.4, -0.2) is 23.8 Å². The third-order valence-corrected chi connectivity index (χ3v) is 3.57. The smallest absolute Gasteiger partial charge is 0.0799 e. The van der Waals surface area contributed by atoms with Gasteiger partial charge in [-0.1, -0.05) is 27.2 Å². The van der Waals surface area contributed by atoms with Crippen LogP contribution in [0, 0.1) is 11.8 Å². The fraction of sp³-hybridized carbons (Fsp3) is 1.00. The van der Waals surface area contributed by atoms with Crippen molar-refractivity contribution in [2.45, 2.75) is 52.1 Å².